The van der Waals surface area contributed by atoms with Crippen molar-refractivity contribution in [2.75, 3.05) is 17.3 Å². The molecular weight excluding hydrogens is 246 g/mol. The van der Waals surface area contributed by atoms with E-state index in [1.807, 2.05) is 11.8 Å². The van der Waals surface area contributed by atoms with E-state index in [1.54, 1.807) is 0 Å². The first-order valence-electron chi connectivity index (χ1n) is 6.18. The second-order valence-corrected chi connectivity index (χ2v) is 7.27. The van der Waals surface area contributed by atoms with E-state index in [-0.39, 0.29) is 0 Å². The Morgan fingerprint density at radius 2 is 2.12 bits per heavy atom. The predicted octanol–water partition coefficient (Wildman–Crippen LogP) is 3.02. The van der Waals surface area contributed by atoms with Crippen LogP contribution in [-0.4, -0.2) is 28.6 Å². The third kappa shape index (κ3) is 3.67. The normalized spacial score (nSPS) is 22.4. The number of nitrogens with two attached hydrogens (primary N) is 1. The van der Waals surface area contributed by atoms with Crippen molar-refractivity contribution < 1.29 is 0 Å². The van der Waals surface area contributed by atoms with Crippen LogP contribution in [0.5, 0.6) is 0 Å². The number of thioether (sulfide) groups is 2. The van der Waals surface area contributed by atoms with Crippen molar-refractivity contribution in [2.24, 2.45) is 5.73 Å². The number of hydrogen-bond acceptors (Lipinski definition) is 3. The van der Waals surface area contributed by atoms with Crippen molar-refractivity contribution in [3.63, 3.8) is 0 Å². The Morgan fingerprint density at radius 3 is 2.76 bits per heavy atom. The summed E-state index contributed by atoms with van der Waals surface area (Å²) < 4.78 is 0. The third-order valence-corrected chi connectivity index (χ3v) is 6.30. The summed E-state index contributed by atoms with van der Waals surface area (Å²) in [6.45, 7) is 4.34. The molecule has 1 heterocycles. The minimum atomic E-state index is 0.301. The maximum Gasteiger partial charge on any atom is 0.0293 e. The van der Waals surface area contributed by atoms with E-state index in [4.69, 9.17) is 5.73 Å². The summed E-state index contributed by atoms with van der Waals surface area (Å²) in [5.74, 6) is 3.77. The van der Waals surface area contributed by atoms with E-state index in [1.165, 1.54) is 33.9 Å². The van der Waals surface area contributed by atoms with E-state index in [0.717, 1.165) is 6.42 Å². The van der Waals surface area contributed by atoms with Gasteiger partial charge in [-0.15, -0.1) is 0 Å². The quantitative estimate of drug-likeness (QED) is 0.911. The molecule has 1 nitrogen and oxygen atoms in total. The molecule has 0 bridgehead atoms. The van der Waals surface area contributed by atoms with Gasteiger partial charge in [-0.25, -0.2) is 0 Å². The first-order valence-corrected chi connectivity index (χ1v) is 8.38. The second kappa shape index (κ2) is 6.17. The fourth-order valence-electron chi connectivity index (χ4n) is 2.09. The van der Waals surface area contributed by atoms with Crippen molar-refractivity contribution in [3.05, 3.63) is 34.9 Å². The average Bonchev–Trinajstić information content (AvgIpc) is 2.35. The lowest BCUT2D eigenvalue weighted by Gasteiger charge is -2.26. The number of hydrogen-bond donors (Lipinski definition) is 1. The summed E-state index contributed by atoms with van der Waals surface area (Å²) in [5.41, 5.74) is 10.5. The molecule has 17 heavy (non-hydrogen) atoms. The van der Waals surface area contributed by atoms with Gasteiger partial charge in [-0.1, -0.05) is 18.2 Å². The van der Waals surface area contributed by atoms with Gasteiger partial charge in [0.25, 0.3) is 0 Å². The fourth-order valence-corrected chi connectivity index (χ4v) is 4.91. The average molecular weight is 267 g/mol. The van der Waals surface area contributed by atoms with Gasteiger partial charge in [0.2, 0.25) is 0 Å². The summed E-state index contributed by atoms with van der Waals surface area (Å²) >= 11 is 4.10. The molecule has 3 heteroatoms. The summed E-state index contributed by atoms with van der Waals surface area (Å²) in [7, 11) is 0. The molecule has 1 aromatic rings. The van der Waals surface area contributed by atoms with Crippen molar-refractivity contribution >= 4 is 23.5 Å². The van der Waals surface area contributed by atoms with Crippen LogP contribution in [-0.2, 0) is 6.42 Å². The van der Waals surface area contributed by atoms with Crippen molar-refractivity contribution in [1.82, 2.24) is 0 Å². The molecule has 0 spiro atoms. The topological polar surface area (TPSA) is 26.0 Å². The van der Waals surface area contributed by atoms with Crippen LogP contribution >= 0.6 is 23.5 Å². The van der Waals surface area contributed by atoms with Crippen LogP contribution in [0.3, 0.4) is 0 Å². The molecule has 1 saturated heterocycles. The van der Waals surface area contributed by atoms with Crippen LogP contribution in [0.25, 0.3) is 0 Å². The predicted molar refractivity (Wildman–Crippen MR) is 81.2 cm³/mol. The van der Waals surface area contributed by atoms with E-state index < -0.39 is 0 Å². The molecule has 2 N–H and O–H groups in total. The standard InChI is InChI=1S/C14H21NS2/c1-10-3-4-12(7-11(10)2)8-13(15)14-9-16-5-6-17-14/h3-4,7,13-14H,5-6,8-9,15H2,1-2H3. The Morgan fingerprint density at radius 1 is 1.29 bits per heavy atom. The van der Waals surface area contributed by atoms with Crippen LogP contribution in [0.4, 0.5) is 0 Å². The SMILES string of the molecule is Cc1ccc(CC(N)C2CSCCS2)cc1C. The highest BCUT2D eigenvalue weighted by atomic mass is 32.2. The zero-order chi connectivity index (χ0) is 12.3. The minimum absolute atomic E-state index is 0.301. The molecule has 0 aromatic heterocycles. The molecule has 94 valence electrons. The lowest BCUT2D eigenvalue weighted by molar-refractivity contribution is 0.663. The van der Waals surface area contributed by atoms with Crippen molar-refractivity contribution in [1.29, 1.82) is 0 Å². The molecule has 2 atom stereocenters. The Bertz CT molecular complexity index is 372. The monoisotopic (exact) mass is 267 g/mol. The zero-order valence-corrected chi connectivity index (χ0v) is 12.2. The molecule has 2 unspecified atom stereocenters. The number of rotatable bonds is 3. The summed E-state index contributed by atoms with van der Waals surface area (Å²) in [6.07, 6.45) is 1.01. The lowest BCUT2D eigenvalue weighted by atomic mass is 10.00. The van der Waals surface area contributed by atoms with E-state index in [9.17, 15) is 0 Å². The van der Waals surface area contributed by atoms with Crippen LogP contribution in [0.1, 0.15) is 16.7 Å². The van der Waals surface area contributed by atoms with Crippen LogP contribution in [0.2, 0.25) is 0 Å². The first-order chi connectivity index (χ1) is 8.16. The number of aryl methyl sites for hydroxylation is 2. The maximum absolute atomic E-state index is 6.33. The number of benzene rings is 1. The van der Waals surface area contributed by atoms with Gasteiger partial charge in [0.05, 0.1) is 0 Å². The molecule has 0 saturated carbocycles. The van der Waals surface area contributed by atoms with Crippen LogP contribution < -0.4 is 5.73 Å². The summed E-state index contributed by atoms with van der Waals surface area (Å²) in [6, 6.07) is 7.02. The molecule has 0 radical (unpaired) electrons. The summed E-state index contributed by atoms with van der Waals surface area (Å²) in [5, 5.41) is 0.635. The molecule has 1 fully saturated rings. The van der Waals surface area contributed by atoms with Crippen LogP contribution in [0, 0.1) is 13.8 Å². The lowest BCUT2D eigenvalue weighted by Crippen LogP contribution is -2.38. The highest BCUT2D eigenvalue weighted by Crippen LogP contribution is 2.27. The molecular formula is C14H21NS2. The third-order valence-electron chi connectivity index (χ3n) is 3.36. The van der Waals surface area contributed by atoms with Gasteiger partial charge in [-0.3, -0.25) is 0 Å². The van der Waals surface area contributed by atoms with Gasteiger partial charge in [-0.2, -0.15) is 23.5 Å². The molecule has 0 amide bonds. The molecule has 0 aliphatic carbocycles. The Labute approximate surface area is 113 Å². The van der Waals surface area contributed by atoms with Gasteiger partial charge in [0, 0.05) is 28.6 Å². The van der Waals surface area contributed by atoms with Gasteiger partial charge in [0.1, 0.15) is 0 Å². The van der Waals surface area contributed by atoms with Crippen LogP contribution in [0.15, 0.2) is 18.2 Å². The van der Waals surface area contributed by atoms with E-state index in [0.29, 0.717) is 11.3 Å². The first kappa shape index (κ1) is 13.3. The maximum atomic E-state index is 6.33. The van der Waals surface area contributed by atoms with Gasteiger partial charge < -0.3 is 5.73 Å². The van der Waals surface area contributed by atoms with Crippen molar-refractivity contribution in [3.8, 4) is 0 Å². The highest BCUT2D eigenvalue weighted by molar-refractivity contribution is 8.06. The van der Waals surface area contributed by atoms with E-state index >= 15 is 0 Å². The highest BCUT2D eigenvalue weighted by Gasteiger charge is 2.21. The van der Waals surface area contributed by atoms with Gasteiger partial charge in [-0.05, 0) is 37.0 Å². The Kier molecular flexibility index (Phi) is 4.83. The Balaban J connectivity index is 1.96. The largest absolute Gasteiger partial charge is 0.326 e. The van der Waals surface area contributed by atoms with E-state index in [2.05, 4.69) is 43.8 Å². The molecule has 1 aliphatic rings. The smallest absolute Gasteiger partial charge is 0.0293 e. The second-order valence-electron chi connectivity index (χ2n) is 4.77. The minimum Gasteiger partial charge on any atom is -0.326 e. The van der Waals surface area contributed by atoms with Gasteiger partial charge >= 0.3 is 0 Å². The van der Waals surface area contributed by atoms with Crippen molar-refractivity contribution in [2.45, 2.75) is 31.6 Å². The Hall–Kier alpha value is -0.120. The molecule has 1 aliphatic heterocycles. The zero-order valence-electron chi connectivity index (χ0n) is 10.6. The molecule has 1 aromatic carbocycles. The summed E-state index contributed by atoms with van der Waals surface area (Å²) in [4.78, 5) is 0. The van der Waals surface area contributed by atoms with Gasteiger partial charge in [0.15, 0.2) is 0 Å². The fraction of sp³-hybridized carbons (Fsp3) is 0.571. The molecule has 2 rings (SSSR count).